The average molecular weight is 860 g/mol. The van der Waals surface area contributed by atoms with Crippen molar-refractivity contribution in [2.24, 2.45) is 5.92 Å². The minimum absolute atomic E-state index is 0.0486. The van der Waals surface area contributed by atoms with Crippen molar-refractivity contribution < 1.29 is 85.2 Å². The number of fused-ring (bicyclic) bond motifs is 2. The van der Waals surface area contributed by atoms with Crippen molar-refractivity contribution in [1.82, 2.24) is 34.1 Å². The van der Waals surface area contributed by atoms with Gasteiger partial charge >= 0.3 is 29.0 Å². The van der Waals surface area contributed by atoms with Gasteiger partial charge in [0, 0.05) is 5.92 Å². The molecule has 4 aromatic heterocycles. The minimum atomic E-state index is -6.02. The third-order valence-electron chi connectivity index (χ3n) is 8.74. The summed E-state index contributed by atoms with van der Waals surface area (Å²) < 4.78 is 75.1. The zero-order valence-electron chi connectivity index (χ0n) is 28.1. The van der Waals surface area contributed by atoms with E-state index in [1.807, 2.05) is 0 Å². The lowest BCUT2D eigenvalue weighted by atomic mass is 10.1. The van der Waals surface area contributed by atoms with Gasteiger partial charge in [0.2, 0.25) is 24.5 Å². The number of aliphatic hydroxyl groups is 4. The zero-order valence-corrected chi connectivity index (χ0v) is 30.8. The van der Waals surface area contributed by atoms with E-state index in [0.29, 0.717) is 19.8 Å². The molecule has 29 nitrogen and oxygen atoms in total. The van der Waals surface area contributed by atoms with Crippen LogP contribution in [0.25, 0.3) is 22.3 Å². The SMILES string of the molecule is Nc1nc2c(ncn2[C@@H]2O[C@H](COP(=O)(O)OP(=O)(O)OP(=O)(O)OC[C@H]3O[C@@H](n4c[n+](CC5COC5)c5c(=O)[nH]c(N)nc54)[C@@H](O)C3O)C(O)[C@@H]2O)c(=O)[nH]1. The van der Waals surface area contributed by atoms with Gasteiger partial charge in [-0.05, 0) is 0 Å². The van der Waals surface area contributed by atoms with E-state index in [4.69, 9.17) is 25.7 Å². The Morgan fingerprint density at radius 3 is 1.84 bits per heavy atom. The number of imidazole rings is 2. The fourth-order valence-corrected chi connectivity index (χ4v) is 9.67. The molecule has 0 aliphatic carbocycles. The third-order valence-corrected chi connectivity index (χ3v) is 13.0. The Morgan fingerprint density at radius 2 is 1.30 bits per heavy atom. The van der Waals surface area contributed by atoms with E-state index in [0.717, 1.165) is 10.9 Å². The summed E-state index contributed by atoms with van der Waals surface area (Å²) >= 11 is 0. The molecule has 0 amide bonds. The van der Waals surface area contributed by atoms with Crippen LogP contribution in [0, 0.1) is 5.92 Å². The van der Waals surface area contributed by atoms with Gasteiger partial charge in [0.15, 0.2) is 17.4 Å². The fraction of sp³-hybridized carbons (Fsp3) is 0.583. The number of phosphoric ester groups is 2. The first-order valence-electron chi connectivity index (χ1n) is 16.1. The molecule has 7 heterocycles. The maximum Gasteiger partial charge on any atom is 0.490 e. The number of aliphatic hydroxyl groups excluding tert-OH is 4. The molecule has 3 fully saturated rings. The first-order chi connectivity index (χ1) is 26.2. The number of nitrogen functional groups attached to an aromatic ring is 2. The van der Waals surface area contributed by atoms with Gasteiger partial charge in [-0.2, -0.15) is 23.2 Å². The first-order valence-corrected chi connectivity index (χ1v) is 20.5. The van der Waals surface area contributed by atoms with Crippen LogP contribution in [-0.4, -0.2) is 132 Å². The van der Waals surface area contributed by atoms with Crippen LogP contribution >= 0.6 is 23.5 Å². The van der Waals surface area contributed by atoms with Gasteiger partial charge in [0.05, 0.1) is 39.3 Å². The van der Waals surface area contributed by atoms with Crippen LogP contribution in [-0.2, 0) is 52.1 Å². The summed E-state index contributed by atoms with van der Waals surface area (Å²) in [6.45, 7) is -1.03. The summed E-state index contributed by atoms with van der Waals surface area (Å²) in [4.78, 5) is 71.5. The Balaban J connectivity index is 0.955. The molecule has 0 radical (unpaired) electrons. The Hall–Kier alpha value is -3.57. The molecule has 0 spiro atoms. The number of aromatic amines is 2. The van der Waals surface area contributed by atoms with Crippen molar-refractivity contribution in [3.8, 4) is 0 Å². The number of nitrogens with zero attached hydrogens (tertiary/aromatic N) is 6. The van der Waals surface area contributed by atoms with Crippen molar-refractivity contribution in [2.75, 3.05) is 37.9 Å². The third kappa shape index (κ3) is 8.09. The molecule has 32 heteroatoms. The average Bonchev–Trinajstić information content (AvgIpc) is 3.80. The molecule has 3 aliphatic heterocycles. The van der Waals surface area contributed by atoms with Gasteiger partial charge in [-0.25, -0.2) is 23.2 Å². The largest absolute Gasteiger partial charge is 0.490 e. The number of ether oxygens (including phenoxy) is 3. The van der Waals surface area contributed by atoms with Gasteiger partial charge in [0.25, 0.3) is 16.7 Å². The second-order valence-electron chi connectivity index (χ2n) is 12.7. The zero-order chi connectivity index (χ0) is 40.5. The number of anilines is 2. The van der Waals surface area contributed by atoms with Crippen molar-refractivity contribution in [3.63, 3.8) is 0 Å². The van der Waals surface area contributed by atoms with E-state index in [2.05, 4.69) is 42.6 Å². The van der Waals surface area contributed by atoms with Gasteiger partial charge in [-0.3, -0.25) is 33.2 Å². The molecule has 3 saturated heterocycles. The van der Waals surface area contributed by atoms with E-state index < -0.39 is 96.9 Å². The monoisotopic (exact) mass is 859 g/mol. The Morgan fingerprint density at radius 1 is 0.786 bits per heavy atom. The molecule has 7 rings (SSSR count). The maximum atomic E-state index is 12.8. The molecular formula is C24H34N10O19P3+. The molecule has 0 aromatic carbocycles. The fourth-order valence-electron chi connectivity index (χ4n) is 6.15. The molecular weight excluding hydrogens is 825 g/mol. The summed E-state index contributed by atoms with van der Waals surface area (Å²) in [5, 5.41) is 42.5. The van der Waals surface area contributed by atoms with E-state index in [-0.39, 0.29) is 40.1 Å². The highest BCUT2D eigenvalue weighted by Gasteiger charge is 2.51. The van der Waals surface area contributed by atoms with E-state index >= 15 is 0 Å². The van der Waals surface area contributed by atoms with Gasteiger partial charge in [-0.15, -0.1) is 0 Å². The summed E-state index contributed by atoms with van der Waals surface area (Å²) in [5.41, 5.74) is 9.58. The second kappa shape index (κ2) is 15.0. The lowest BCUT2D eigenvalue weighted by molar-refractivity contribution is -0.683. The van der Waals surface area contributed by atoms with E-state index in [9.17, 15) is 58.4 Å². The highest BCUT2D eigenvalue weighted by Crippen LogP contribution is 2.67. The number of H-pyrrole nitrogens is 2. The molecule has 3 aliphatic rings. The normalized spacial score (nSPS) is 30.3. The van der Waals surface area contributed by atoms with Crippen LogP contribution in [0.5, 0.6) is 0 Å². The molecule has 308 valence electrons. The van der Waals surface area contributed by atoms with Crippen molar-refractivity contribution in [1.29, 1.82) is 0 Å². The standard InChI is InChI=1S/C24H33N10O19P3/c25-23-28-17-11(19(39)30-23)27-6-33(17)21-15(37)13(35)9(50-21)4-48-54(41,42)52-56(45,46)53-55(43,44)49-5-10-14(36)16(38)22(51-10)34-7-32(1-8-2-47-3-8)12-18(34)29-24(26)31-20(12)40/h6-10,13-16,21-22,35-38H,1-5H2,(H8-,25,26,28,29,30,31,39,40,41,42,43,44,45,46)/p+1/t9-,10-,13?,14?,15+,16+,21-,22-/m1/s1. The summed E-state index contributed by atoms with van der Waals surface area (Å²) in [6, 6.07) is 0. The second-order valence-corrected chi connectivity index (χ2v) is 17.4. The number of rotatable bonds is 14. The summed E-state index contributed by atoms with van der Waals surface area (Å²) in [7, 11) is -17.4. The Kier molecular flexibility index (Phi) is 10.9. The Bertz CT molecular complexity index is 2400. The van der Waals surface area contributed by atoms with E-state index in [1.165, 1.54) is 15.5 Å². The lowest BCUT2D eigenvalue weighted by Gasteiger charge is -2.23. The summed E-state index contributed by atoms with van der Waals surface area (Å²) in [6.07, 6.45) is -11.0. The van der Waals surface area contributed by atoms with Crippen LogP contribution in [0.15, 0.2) is 22.2 Å². The molecule has 0 bridgehead atoms. The van der Waals surface area contributed by atoms with Crippen LogP contribution < -0.4 is 27.2 Å². The van der Waals surface area contributed by atoms with Gasteiger partial charge < -0.3 is 60.8 Å². The molecule has 13 N–H and O–H groups in total. The quantitative estimate of drug-likeness (QED) is 0.0421. The highest BCUT2D eigenvalue weighted by molar-refractivity contribution is 7.66. The number of aromatic nitrogens is 8. The van der Waals surface area contributed by atoms with Crippen LogP contribution in [0.3, 0.4) is 0 Å². The maximum absolute atomic E-state index is 12.8. The number of hydrogen-bond donors (Lipinski definition) is 11. The smallest absolute Gasteiger partial charge is 0.387 e. The first kappa shape index (κ1) is 40.6. The van der Waals surface area contributed by atoms with Crippen LogP contribution in [0.4, 0.5) is 11.9 Å². The molecule has 0 saturated carbocycles. The highest BCUT2D eigenvalue weighted by atomic mass is 31.3. The van der Waals surface area contributed by atoms with E-state index in [1.54, 1.807) is 0 Å². The predicted molar refractivity (Wildman–Crippen MR) is 177 cm³/mol. The van der Waals surface area contributed by atoms with Crippen molar-refractivity contribution in [3.05, 3.63) is 33.4 Å². The number of hydrogen-bond acceptors (Lipinski definition) is 21. The Labute approximate surface area is 309 Å². The van der Waals surface area contributed by atoms with Gasteiger partial charge in [0.1, 0.15) is 36.6 Å². The van der Waals surface area contributed by atoms with Gasteiger partial charge in [-0.1, -0.05) is 0 Å². The molecule has 4 aromatic rings. The lowest BCUT2D eigenvalue weighted by Crippen LogP contribution is -2.45. The summed E-state index contributed by atoms with van der Waals surface area (Å²) in [5.74, 6) is -0.538. The van der Waals surface area contributed by atoms with Crippen molar-refractivity contribution in [2.45, 2.75) is 55.6 Å². The molecule has 11 atom stereocenters. The molecule has 56 heavy (non-hydrogen) atoms. The molecule has 5 unspecified atom stereocenters. The minimum Gasteiger partial charge on any atom is -0.387 e. The topological polar surface area (TPSA) is 428 Å². The number of nitrogens with two attached hydrogens (primary N) is 2. The van der Waals surface area contributed by atoms with Crippen LogP contribution in [0.1, 0.15) is 12.5 Å². The number of phosphoric acid groups is 3. The predicted octanol–water partition coefficient (Wildman–Crippen LogP) is -4.44. The number of nitrogens with one attached hydrogen (secondary N) is 2. The van der Waals surface area contributed by atoms with Crippen molar-refractivity contribution >= 4 is 57.7 Å². The van der Waals surface area contributed by atoms with Crippen LogP contribution in [0.2, 0.25) is 0 Å².